The number of hydrogen-bond donors (Lipinski definition) is 2. The van der Waals surface area contributed by atoms with E-state index in [0.29, 0.717) is 6.54 Å². The number of benzene rings is 2. The van der Waals surface area contributed by atoms with Crippen LogP contribution < -0.4 is 15.5 Å². The summed E-state index contributed by atoms with van der Waals surface area (Å²) in [6.07, 6.45) is 4.90. The lowest BCUT2D eigenvalue weighted by molar-refractivity contribution is 0.0996. The predicted molar refractivity (Wildman–Crippen MR) is 115 cm³/mol. The third-order valence-corrected chi connectivity index (χ3v) is 4.97. The van der Waals surface area contributed by atoms with Crippen molar-refractivity contribution in [2.24, 2.45) is 0 Å². The van der Waals surface area contributed by atoms with Crippen molar-refractivity contribution in [2.75, 3.05) is 15.5 Å². The molecule has 0 atom stereocenters. The fourth-order valence-corrected chi connectivity index (χ4v) is 3.58. The summed E-state index contributed by atoms with van der Waals surface area (Å²) in [6, 6.07) is 17.5. The second-order valence-electron chi connectivity index (χ2n) is 7.16. The molecular weight excluding hydrogens is 378 g/mol. The van der Waals surface area contributed by atoms with Crippen molar-refractivity contribution < 1.29 is 9.32 Å². The highest BCUT2D eigenvalue weighted by Crippen LogP contribution is 2.32. The van der Waals surface area contributed by atoms with Gasteiger partial charge in [-0.15, -0.1) is 0 Å². The fraction of sp³-hybridized carbons (Fsp3) is 0.0870. The van der Waals surface area contributed by atoms with E-state index in [-0.39, 0.29) is 5.91 Å². The first-order chi connectivity index (χ1) is 14.7. The van der Waals surface area contributed by atoms with Crippen LogP contribution in [-0.4, -0.2) is 16.0 Å². The number of rotatable bonds is 5. The van der Waals surface area contributed by atoms with Crippen LogP contribution in [0, 0.1) is 6.92 Å². The van der Waals surface area contributed by atoms with Gasteiger partial charge in [-0.2, -0.15) is 0 Å². The van der Waals surface area contributed by atoms with Crippen LogP contribution in [0.15, 0.2) is 77.8 Å². The Kier molecular flexibility index (Phi) is 4.40. The number of hydrogen-bond acceptors (Lipinski definition) is 6. The summed E-state index contributed by atoms with van der Waals surface area (Å²) in [5.74, 6) is -0.00145. The number of carbonyl (C=O) groups excluding carboxylic acids is 1. The van der Waals surface area contributed by atoms with Gasteiger partial charge in [-0.05, 0) is 61.0 Å². The van der Waals surface area contributed by atoms with Gasteiger partial charge < -0.3 is 20.1 Å². The van der Waals surface area contributed by atoms with Crippen LogP contribution in [0.3, 0.4) is 0 Å². The number of nitrogens with zero attached hydrogens (tertiary/aromatic N) is 3. The average molecular weight is 397 g/mol. The zero-order valence-electron chi connectivity index (χ0n) is 16.3. The van der Waals surface area contributed by atoms with E-state index < -0.39 is 0 Å². The maximum Gasteiger partial charge on any atom is 0.258 e. The molecule has 5 rings (SSSR count). The van der Waals surface area contributed by atoms with E-state index in [1.807, 2.05) is 61.5 Å². The van der Waals surface area contributed by atoms with Gasteiger partial charge in [-0.25, -0.2) is 0 Å². The highest BCUT2D eigenvalue weighted by atomic mass is 16.5. The van der Waals surface area contributed by atoms with Crippen LogP contribution in [0.1, 0.15) is 21.6 Å². The maximum absolute atomic E-state index is 13.0. The molecule has 0 saturated carbocycles. The molecule has 2 aromatic heterocycles. The van der Waals surface area contributed by atoms with Crippen LogP contribution in [-0.2, 0) is 6.54 Å². The average Bonchev–Trinajstić information content (AvgIpc) is 3.36. The van der Waals surface area contributed by atoms with Gasteiger partial charge in [0, 0.05) is 40.2 Å². The molecule has 0 spiro atoms. The molecule has 7 nitrogen and oxygen atoms in total. The Balaban J connectivity index is 1.37. The van der Waals surface area contributed by atoms with E-state index in [1.54, 1.807) is 17.3 Å². The fourth-order valence-electron chi connectivity index (χ4n) is 3.58. The third-order valence-electron chi connectivity index (χ3n) is 4.97. The minimum absolute atomic E-state index is 0.00145. The van der Waals surface area contributed by atoms with E-state index in [2.05, 4.69) is 20.8 Å². The number of amides is 1. The minimum Gasteiger partial charge on any atom is -0.363 e. The Morgan fingerprint density at radius 3 is 2.63 bits per heavy atom. The molecule has 148 valence electrons. The van der Waals surface area contributed by atoms with Crippen molar-refractivity contribution in [2.45, 2.75) is 13.5 Å². The van der Waals surface area contributed by atoms with Crippen molar-refractivity contribution in [3.05, 3.63) is 90.1 Å². The molecule has 0 fully saturated rings. The quantitative estimate of drug-likeness (QED) is 0.492. The lowest BCUT2D eigenvalue weighted by atomic mass is 10.1. The number of nitrogens with one attached hydrogen (secondary N) is 2. The van der Waals surface area contributed by atoms with E-state index in [9.17, 15) is 4.79 Å². The zero-order valence-corrected chi connectivity index (χ0v) is 16.3. The molecular formula is C23H19N5O2. The number of anilines is 5. The summed E-state index contributed by atoms with van der Waals surface area (Å²) in [7, 11) is 0. The van der Waals surface area contributed by atoms with Gasteiger partial charge in [0.1, 0.15) is 6.26 Å². The first-order valence-electron chi connectivity index (χ1n) is 9.57. The van der Waals surface area contributed by atoms with Crippen molar-refractivity contribution in [3.8, 4) is 0 Å². The molecule has 30 heavy (non-hydrogen) atoms. The van der Waals surface area contributed by atoms with E-state index in [0.717, 1.165) is 45.3 Å². The van der Waals surface area contributed by atoms with Crippen molar-refractivity contribution in [3.63, 3.8) is 0 Å². The van der Waals surface area contributed by atoms with Crippen LogP contribution in [0.5, 0.6) is 0 Å². The smallest absolute Gasteiger partial charge is 0.258 e. The second kappa shape index (κ2) is 7.36. The third kappa shape index (κ3) is 3.48. The summed E-state index contributed by atoms with van der Waals surface area (Å²) >= 11 is 0. The summed E-state index contributed by atoms with van der Waals surface area (Å²) in [5.41, 5.74) is 7.02. The molecule has 0 bridgehead atoms. The van der Waals surface area contributed by atoms with Gasteiger partial charge in [0.2, 0.25) is 0 Å². The first-order valence-corrected chi connectivity index (χ1v) is 9.57. The van der Waals surface area contributed by atoms with Crippen molar-refractivity contribution in [1.82, 2.24) is 10.1 Å². The lowest BCUT2D eigenvalue weighted by Crippen LogP contribution is -2.22. The van der Waals surface area contributed by atoms with Gasteiger partial charge in [0.15, 0.2) is 0 Å². The largest absolute Gasteiger partial charge is 0.363 e. The van der Waals surface area contributed by atoms with E-state index in [1.165, 1.54) is 6.26 Å². The minimum atomic E-state index is -0.00145. The van der Waals surface area contributed by atoms with Crippen molar-refractivity contribution in [1.29, 1.82) is 0 Å². The Morgan fingerprint density at radius 1 is 0.967 bits per heavy atom. The number of fused-ring (bicyclic) bond motifs is 1. The van der Waals surface area contributed by atoms with Crippen LogP contribution in [0.25, 0.3) is 0 Å². The van der Waals surface area contributed by atoms with E-state index in [4.69, 9.17) is 4.52 Å². The Labute approximate surface area is 173 Å². The molecule has 0 saturated heterocycles. The van der Waals surface area contributed by atoms with Crippen LogP contribution >= 0.6 is 0 Å². The highest BCUT2D eigenvalue weighted by Gasteiger charge is 2.28. The number of carbonyl (C=O) groups is 1. The highest BCUT2D eigenvalue weighted by molar-refractivity contribution is 6.10. The van der Waals surface area contributed by atoms with Gasteiger partial charge >= 0.3 is 0 Å². The molecule has 2 N–H and O–H groups in total. The SMILES string of the molecule is Cc1cc(Nc2ccc3c(c2)CN(c2cccc(Nc4cnoc4)c2)C3=O)ccn1. The maximum atomic E-state index is 13.0. The molecule has 0 unspecified atom stereocenters. The molecule has 4 aromatic rings. The molecule has 0 aliphatic carbocycles. The van der Waals surface area contributed by atoms with Crippen LogP contribution in [0.2, 0.25) is 0 Å². The summed E-state index contributed by atoms with van der Waals surface area (Å²) in [5, 5.41) is 10.3. The topological polar surface area (TPSA) is 83.3 Å². The second-order valence-corrected chi connectivity index (χ2v) is 7.16. The van der Waals surface area contributed by atoms with Gasteiger partial charge in [-0.3, -0.25) is 9.78 Å². The van der Waals surface area contributed by atoms with Gasteiger partial charge in [0.25, 0.3) is 5.91 Å². The summed E-state index contributed by atoms with van der Waals surface area (Å²) in [4.78, 5) is 19.0. The van der Waals surface area contributed by atoms with Gasteiger partial charge in [0.05, 0.1) is 18.4 Å². The van der Waals surface area contributed by atoms with Crippen molar-refractivity contribution >= 4 is 34.3 Å². The number of aromatic nitrogens is 2. The Morgan fingerprint density at radius 2 is 1.80 bits per heavy atom. The predicted octanol–water partition coefficient (Wildman–Crippen LogP) is 5.03. The summed E-state index contributed by atoms with van der Waals surface area (Å²) in [6.45, 7) is 2.48. The molecule has 3 heterocycles. The Bertz CT molecular complexity index is 1220. The molecule has 2 aromatic carbocycles. The standard InChI is InChI=1S/C23H19N5O2/c1-15-9-19(7-8-24-15)26-18-5-6-22-16(10-18)13-28(23(22)29)21-4-2-3-17(11-21)27-20-12-25-30-14-20/h2-12,14,27H,13H2,1H3,(H,24,26). The molecule has 7 heteroatoms. The number of pyridine rings is 1. The molecule has 1 aliphatic heterocycles. The summed E-state index contributed by atoms with van der Waals surface area (Å²) < 4.78 is 4.85. The normalized spacial score (nSPS) is 12.7. The van der Waals surface area contributed by atoms with Gasteiger partial charge in [-0.1, -0.05) is 11.2 Å². The molecule has 1 amide bonds. The zero-order chi connectivity index (χ0) is 20.5. The molecule has 0 radical (unpaired) electrons. The number of aryl methyl sites for hydroxylation is 1. The van der Waals surface area contributed by atoms with Crippen LogP contribution in [0.4, 0.5) is 28.4 Å². The Hall–Kier alpha value is -4.13. The van der Waals surface area contributed by atoms with E-state index >= 15 is 0 Å². The monoisotopic (exact) mass is 397 g/mol. The first kappa shape index (κ1) is 17.9. The lowest BCUT2D eigenvalue weighted by Gasteiger charge is -2.17. The molecule has 1 aliphatic rings.